The molecule has 0 aliphatic carbocycles. The summed E-state index contributed by atoms with van der Waals surface area (Å²) < 4.78 is 0. The van der Waals surface area contributed by atoms with Gasteiger partial charge in [-0.2, -0.15) is 0 Å². The maximum absolute atomic E-state index is 11.3. The van der Waals surface area contributed by atoms with Crippen molar-refractivity contribution in [1.82, 2.24) is 20.6 Å². The summed E-state index contributed by atoms with van der Waals surface area (Å²) in [5, 5.41) is 6.62. The van der Waals surface area contributed by atoms with Crippen molar-refractivity contribution in [3.05, 3.63) is 34.2 Å². The van der Waals surface area contributed by atoms with Crippen molar-refractivity contribution < 1.29 is 0 Å². The number of rotatable bonds is 4. The van der Waals surface area contributed by atoms with E-state index >= 15 is 0 Å². The second kappa shape index (κ2) is 4.59. The van der Waals surface area contributed by atoms with Crippen molar-refractivity contribution in [3.63, 3.8) is 0 Å². The zero-order valence-corrected chi connectivity index (χ0v) is 11.2. The van der Waals surface area contributed by atoms with E-state index in [0.717, 1.165) is 16.6 Å². The molecule has 0 aliphatic rings. The number of hydrogen-bond acceptors (Lipinski definition) is 3. The summed E-state index contributed by atoms with van der Waals surface area (Å²) in [5.74, 6) is 0. The van der Waals surface area contributed by atoms with E-state index in [0.29, 0.717) is 0 Å². The number of benzene rings is 1. The third-order valence-electron chi connectivity index (χ3n) is 3.53. The number of likely N-dealkylation sites (N-methyl/N-ethyl adjacent to an activating group) is 2. The van der Waals surface area contributed by atoms with Gasteiger partial charge in [-0.05, 0) is 45.6 Å². The van der Waals surface area contributed by atoms with Crippen molar-refractivity contribution in [1.29, 1.82) is 0 Å². The molecule has 2 aromatic rings. The molecule has 0 saturated heterocycles. The summed E-state index contributed by atoms with van der Waals surface area (Å²) >= 11 is 0. The Kier molecular flexibility index (Phi) is 3.28. The molecule has 18 heavy (non-hydrogen) atoms. The predicted molar refractivity (Wildman–Crippen MR) is 73.9 cm³/mol. The van der Waals surface area contributed by atoms with Crippen molar-refractivity contribution in [2.24, 2.45) is 0 Å². The summed E-state index contributed by atoms with van der Waals surface area (Å²) in [6.45, 7) is 4.27. The van der Waals surface area contributed by atoms with E-state index in [1.165, 1.54) is 0 Å². The Morgan fingerprint density at radius 2 is 1.83 bits per heavy atom. The van der Waals surface area contributed by atoms with E-state index < -0.39 is 0 Å². The zero-order valence-electron chi connectivity index (χ0n) is 11.2. The Morgan fingerprint density at radius 3 is 2.44 bits per heavy atom. The molecule has 0 fully saturated rings. The fraction of sp³-hybridized carbons (Fsp3) is 0.462. The van der Waals surface area contributed by atoms with Crippen LogP contribution in [0.3, 0.4) is 0 Å². The summed E-state index contributed by atoms with van der Waals surface area (Å²) in [6.07, 6.45) is 0. The predicted octanol–water partition coefficient (Wildman–Crippen LogP) is 1.11. The molecule has 0 bridgehead atoms. The van der Waals surface area contributed by atoms with E-state index in [-0.39, 0.29) is 17.3 Å². The molecule has 0 saturated carbocycles. The fourth-order valence-electron chi connectivity index (χ4n) is 2.32. The summed E-state index contributed by atoms with van der Waals surface area (Å²) in [6, 6.07) is 6.13. The van der Waals surface area contributed by atoms with Gasteiger partial charge in [0.25, 0.3) is 0 Å². The lowest BCUT2D eigenvalue weighted by atomic mass is 9.88. The van der Waals surface area contributed by atoms with Gasteiger partial charge in [0.1, 0.15) is 0 Å². The fourth-order valence-corrected chi connectivity index (χ4v) is 2.32. The monoisotopic (exact) mass is 248 g/mol. The van der Waals surface area contributed by atoms with Crippen molar-refractivity contribution in [3.8, 4) is 0 Å². The lowest BCUT2D eigenvalue weighted by Crippen LogP contribution is -2.47. The molecule has 0 radical (unpaired) electrons. The zero-order chi connectivity index (χ0) is 13.3. The van der Waals surface area contributed by atoms with Crippen LogP contribution in [0.4, 0.5) is 0 Å². The first kappa shape index (κ1) is 12.9. The van der Waals surface area contributed by atoms with E-state index in [9.17, 15) is 4.79 Å². The highest BCUT2D eigenvalue weighted by atomic mass is 16.1. The topological polar surface area (TPSA) is 72.7 Å². The third kappa shape index (κ3) is 2.19. The maximum Gasteiger partial charge on any atom is 0.323 e. The van der Waals surface area contributed by atoms with Gasteiger partial charge in [0.2, 0.25) is 0 Å². The Hall–Kier alpha value is -1.59. The lowest BCUT2D eigenvalue weighted by Gasteiger charge is -2.34. The summed E-state index contributed by atoms with van der Waals surface area (Å²) in [7, 11) is 3.88. The maximum atomic E-state index is 11.3. The normalized spacial score (nSPS) is 14.0. The molecule has 1 atom stereocenters. The van der Waals surface area contributed by atoms with E-state index in [2.05, 4.69) is 34.4 Å². The summed E-state index contributed by atoms with van der Waals surface area (Å²) in [5.41, 5.74) is 2.56. The lowest BCUT2D eigenvalue weighted by molar-refractivity contribution is 0.311. The highest BCUT2D eigenvalue weighted by Crippen LogP contribution is 2.26. The Bertz CT molecular complexity index is 596. The molecule has 5 nitrogen and oxygen atoms in total. The Balaban J connectivity index is 2.48. The van der Waals surface area contributed by atoms with Gasteiger partial charge >= 0.3 is 5.69 Å². The average Bonchev–Trinajstić information content (AvgIpc) is 2.69. The molecular formula is C13H20N4O. The second-order valence-corrected chi connectivity index (χ2v) is 5.08. The van der Waals surface area contributed by atoms with Gasteiger partial charge in [-0.25, -0.2) is 4.79 Å². The number of fused-ring (bicyclic) bond motifs is 1. The van der Waals surface area contributed by atoms with Gasteiger partial charge in [-0.15, -0.1) is 0 Å². The molecule has 4 N–H and O–H groups in total. The molecule has 98 valence electrons. The minimum atomic E-state index is -0.170. The van der Waals surface area contributed by atoms with Crippen LogP contribution in [-0.2, 0) is 0 Å². The molecule has 1 aromatic carbocycles. The number of nitrogens with one attached hydrogen (secondary N) is 4. The minimum absolute atomic E-state index is 0.0843. The van der Waals surface area contributed by atoms with Crippen LogP contribution in [-0.4, -0.2) is 29.6 Å². The quantitative estimate of drug-likeness (QED) is 0.655. The van der Waals surface area contributed by atoms with Crippen LogP contribution in [0.25, 0.3) is 11.0 Å². The van der Waals surface area contributed by atoms with Crippen LogP contribution in [0.15, 0.2) is 23.0 Å². The van der Waals surface area contributed by atoms with Crippen LogP contribution in [0, 0.1) is 0 Å². The first-order valence-corrected chi connectivity index (χ1v) is 6.06. The van der Waals surface area contributed by atoms with Gasteiger partial charge in [0.15, 0.2) is 0 Å². The van der Waals surface area contributed by atoms with Crippen LogP contribution >= 0.6 is 0 Å². The van der Waals surface area contributed by atoms with Gasteiger partial charge in [0, 0.05) is 11.6 Å². The minimum Gasteiger partial charge on any atom is -0.313 e. The van der Waals surface area contributed by atoms with E-state index in [1.807, 2.05) is 32.3 Å². The Morgan fingerprint density at radius 1 is 1.17 bits per heavy atom. The van der Waals surface area contributed by atoms with Crippen LogP contribution < -0.4 is 16.3 Å². The van der Waals surface area contributed by atoms with Crippen LogP contribution in [0.2, 0.25) is 0 Å². The molecule has 0 aliphatic heterocycles. The van der Waals surface area contributed by atoms with Crippen LogP contribution in [0.1, 0.15) is 25.5 Å². The first-order chi connectivity index (χ1) is 8.47. The number of imidazole rings is 1. The molecule has 2 rings (SSSR count). The SMILES string of the molecule is CNC(c1ccc2[nH]c(=O)[nH]c2c1)C(C)(C)NC. The molecule has 1 unspecified atom stereocenters. The smallest absolute Gasteiger partial charge is 0.313 e. The van der Waals surface area contributed by atoms with Crippen molar-refractivity contribution >= 4 is 11.0 Å². The molecule has 5 heteroatoms. The van der Waals surface area contributed by atoms with Gasteiger partial charge in [-0.1, -0.05) is 6.07 Å². The first-order valence-electron chi connectivity index (χ1n) is 6.06. The molecule has 1 heterocycles. The number of H-pyrrole nitrogens is 2. The molecular weight excluding hydrogens is 228 g/mol. The average molecular weight is 248 g/mol. The second-order valence-electron chi connectivity index (χ2n) is 5.08. The number of aromatic amines is 2. The third-order valence-corrected chi connectivity index (χ3v) is 3.53. The van der Waals surface area contributed by atoms with Gasteiger partial charge in [-0.3, -0.25) is 0 Å². The molecule has 0 amide bonds. The van der Waals surface area contributed by atoms with E-state index in [1.54, 1.807) is 0 Å². The molecule has 1 aromatic heterocycles. The van der Waals surface area contributed by atoms with Crippen molar-refractivity contribution in [2.45, 2.75) is 25.4 Å². The van der Waals surface area contributed by atoms with E-state index in [4.69, 9.17) is 0 Å². The largest absolute Gasteiger partial charge is 0.323 e. The van der Waals surface area contributed by atoms with Crippen molar-refractivity contribution in [2.75, 3.05) is 14.1 Å². The molecule has 0 spiro atoms. The highest BCUT2D eigenvalue weighted by Gasteiger charge is 2.27. The Labute approximate surface area is 106 Å². The number of hydrogen-bond donors (Lipinski definition) is 4. The van der Waals surface area contributed by atoms with Gasteiger partial charge < -0.3 is 20.6 Å². The summed E-state index contributed by atoms with van der Waals surface area (Å²) in [4.78, 5) is 16.8. The highest BCUT2D eigenvalue weighted by molar-refractivity contribution is 5.75. The number of aromatic nitrogens is 2. The standard InChI is InChI=1S/C13H20N4O/c1-13(2,15-4)11(14-3)8-5-6-9-10(7-8)17-12(18)16-9/h5-7,11,14-15H,1-4H3,(H2,16,17,18). The van der Waals surface area contributed by atoms with Crippen LogP contribution in [0.5, 0.6) is 0 Å². The van der Waals surface area contributed by atoms with Gasteiger partial charge in [0.05, 0.1) is 11.0 Å².